The summed E-state index contributed by atoms with van der Waals surface area (Å²) in [6.07, 6.45) is 3.11. The van der Waals surface area contributed by atoms with Crippen LogP contribution in [0.2, 0.25) is 0 Å². The second-order valence-electron chi connectivity index (χ2n) is 6.53. The van der Waals surface area contributed by atoms with Gasteiger partial charge in [0.05, 0.1) is 13.5 Å². The molecule has 2 aromatic carbocycles. The van der Waals surface area contributed by atoms with Crippen LogP contribution in [0.5, 0.6) is 5.75 Å². The van der Waals surface area contributed by atoms with Crippen molar-refractivity contribution in [1.82, 2.24) is 9.88 Å². The average Bonchev–Trinajstić information content (AvgIpc) is 3.08. The highest BCUT2D eigenvalue weighted by Gasteiger charge is 2.11. The first kappa shape index (κ1) is 18.7. The SMILES string of the molecule is COc1ccc(C(C)=O)cc1CC(=O)NCCCn1ccc2ccccc21. The standard InChI is InChI=1S/C22H24N2O3/c1-16(25)18-8-9-21(27-2)19(14-18)15-22(26)23-11-5-12-24-13-10-17-6-3-4-7-20(17)24/h3-4,6-10,13-14H,5,11-12,15H2,1-2H3,(H,23,26). The minimum Gasteiger partial charge on any atom is -0.496 e. The Bertz CT molecular complexity index is 959. The molecule has 5 heteroatoms. The number of aryl methyl sites for hydroxylation is 1. The monoisotopic (exact) mass is 364 g/mol. The van der Waals surface area contributed by atoms with E-state index in [2.05, 4.69) is 34.3 Å². The van der Waals surface area contributed by atoms with Crippen LogP contribution in [0.25, 0.3) is 10.9 Å². The lowest BCUT2D eigenvalue weighted by molar-refractivity contribution is -0.120. The van der Waals surface area contributed by atoms with Crippen molar-refractivity contribution >= 4 is 22.6 Å². The molecule has 3 aromatic rings. The molecule has 1 heterocycles. The number of aromatic nitrogens is 1. The summed E-state index contributed by atoms with van der Waals surface area (Å²) >= 11 is 0. The molecule has 0 unspecified atom stereocenters. The van der Waals surface area contributed by atoms with Crippen molar-refractivity contribution in [3.8, 4) is 5.75 Å². The lowest BCUT2D eigenvalue weighted by atomic mass is 10.0. The Hall–Kier alpha value is -3.08. The third kappa shape index (κ3) is 4.56. The van der Waals surface area contributed by atoms with Gasteiger partial charge in [0, 0.05) is 35.9 Å². The van der Waals surface area contributed by atoms with Gasteiger partial charge in [-0.05, 0) is 49.1 Å². The maximum atomic E-state index is 12.3. The molecule has 0 radical (unpaired) electrons. The number of ether oxygens (including phenoxy) is 1. The molecule has 1 aromatic heterocycles. The van der Waals surface area contributed by atoms with Crippen molar-refractivity contribution < 1.29 is 14.3 Å². The van der Waals surface area contributed by atoms with Crippen LogP contribution in [0.15, 0.2) is 54.7 Å². The molecule has 0 spiro atoms. The van der Waals surface area contributed by atoms with Crippen molar-refractivity contribution in [3.63, 3.8) is 0 Å². The van der Waals surface area contributed by atoms with Crippen molar-refractivity contribution in [2.75, 3.05) is 13.7 Å². The summed E-state index contributed by atoms with van der Waals surface area (Å²) in [4.78, 5) is 23.8. The largest absolute Gasteiger partial charge is 0.496 e. The smallest absolute Gasteiger partial charge is 0.224 e. The van der Waals surface area contributed by atoms with Gasteiger partial charge in [-0.3, -0.25) is 9.59 Å². The topological polar surface area (TPSA) is 60.3 Å². The van der Waals surface area contributed by atoms with Crippen LogP contribution in [0.4, 0.5) is 0 Å². The Labute approximate surface area is 158 Å². The van der Waals surface area contributed by atoms with E-state index in [1.54, 1.807) is 25.3 Å². The summed E-state index contributed by atoms with van der Waals surface area (Å²) in [6.45, 7) is 2.95. The van der Waals surface area contributed by atoms with E-state index in [9.17, 15) is 9.59 Å². The Balaban J connectivity index is 1.53. The highest BCUT2D eigenvalue weighted by molar-refractivity contribution is 5.94. The van der Waals surface area contributed by atoms with E-state index < -0.39 is 0 Å². The molecule has 0 aliphatic rings. The number of Topliss-reactive ketones (excluding diaryl/α,β-unsaturated/α-hetero) is 1. The van der Waals surface area contributed by atoms with E-state index in [1.165, 1.54) is 17.8 Å². The highest BCUT2D eigenvalue weighted by atomic mass is 16.5. The van der Waals surface area contributed by atoms with E-state index in [-0.39, 0.29) is 18.1 Å². The zero-order valence-corrected chi connectivity index (χ0v) is 15.7. The molecule has 5 nitrogen and oxygen atoms in total. The maximum absolute atomic E-state index is 12.3. The molecular formula is C22H24N2O3. The predicted octanol–water partition coefficient (Wildman–Crippen LogP) is 3.60. The summed E-state index contributed by atoms with van der Waals surface area (Å²) in [6, 6.07) is 15.5. The third-order valence-corrected chi connectivity index (χ3v) is 4.62. The number of nitrogens with one attached hydrogen (secondary N) is 1. The first-order valence-electron chi connectivity index (χ1n) is 9.07. The fourth-order valence-corrected chi connectivity index (χ4v) is 3.18. The van der Waals surface area contributed by atoms with E-state index >= 15 is 0 Å². The summed E-state index contributed by atoms with van der Waals surface area (Å²) in [7, 11) is 1.56. The molecule has 0 aliphatic heterocycles. The lowest BCUT2D eigenvalue weighted by Crippen LogP contribution is -2.27. The fourth-order valence-electron chi connectivity index (χ4n) is 3.18. The first-order chi connectivity index (χ1) is 13.1. The van der Waals surface area contributed by atoms with Gasteiger partial charge in [0.2, 0.25) is 5.91 Å². The number of ketones is 1. The molecule has 0 aliphatic carbocycles. The minimum absolute atomic E-state index is 0.0294. The van der Waals surface area contributed by atoms with Crippen LogP contribution >= 0.6 is 0 Å². The predicted molar refractivity (Wildman–Crippen MR) is 106 cm³/mol. The molecule has 0 fully saturated rings. The Morgan fingerprint density at radius 3 is 2.70 bits per heavy atom. The number of amides is 1. The number of nitrogens with zero attached hydrogens (tertiary/aromatic N) is 1. The fraction of sp³-hybridized carbons (Fsp3) is 0.273. The Kier molecular flexibility index (Phi) is 5.91. The highest BCUT2D eigenvalue weighted by Crippen LogP contribution is 2.21. The van der Waals surface area contributed by atoms with Gasteiger partial charge < -0.3 is 14.6 Å². The first-order valence-corrected chi connectivity index (χ1v) is 9.07. The van der Waals surface area contributed by atoms with E-state index in [0.717, 1.165) is 18.5 Å². The van der Waals surface area contributed by atoms with E-state index in [4.69, 9.17) is 4.74 Å². The van der Waals surface area contributed by atoms with Crippen LogP contribution in [0, 0.1) is 0 Å². The number of para-hydroxylation sites is 1. The zero-order chi connectivity index (χ0) is 19.2. The number of carbonyl (C=O) groups is 2. The minimum atomic E-state index is -0.0774. The molecule has 0 atom stereocenters. The summed E-state index contributed by atoms with van der Waals surface area (Å²) in [5.41, 5.74) is 2.51. The van der Waals surface area contributed by atoms with Gasteiger partial charge in [0.15, 0.2) is 5.78 Å². The molecule has 1 amide bonds. The van der Waals surface area contributed by atoms with Gasteiger partial charge in [0.1, 0.15) is 5.75 Å². The number of fused-ring (bicyclic) bond motifs is 1. The van der Waals surface area contributed by atoms with Gasteiger partial charge in [-0.1, -0.05) is 18.2 Å². The van der Waals surface area contributed by atoms with Gasteiger partial charge in [-0.2, -0.15) is 0 Å². The van der Waals surface area contributed by atoms with Crippen molar-refractivity contribution in [1.29, 1.82) is 0 Å². The van der Waals surface area contributed by atoms with Gasteiger partial charge in [-0.15, -0.1) is 0 Å². The van der Waals surface area contributed by atoms with Gasteiger partial charge >= 0.3 is 0 Å². The van der Waals surface area contributed by atoms with Crippen LogP contribution in [0.1, 0.15) is 29.3 Å². The molecule has 0 bridgehead atoms. The molecule has 3 rings (SSSR count). The lowest BCUT2D eigenvalue weighted by Gasteiger charge is -2.11. The quantitative estimate of drug-likeness (QED) is 0.491. The Morgan fingerprint density at radius 1 is 1.11 bits per heavy atom. The molecule has 27 heavy (non-hydrogen) atoms. The van der Waals surface area contributed by atoms with Crippen LogP contribution in [-0.4, -0.2) is 29.9 Å². The third-order valence-electron chi connectivity index (χ3n) is 4.62. The number of rotatable bonds is 8. The normalized spacial score (nSPS) is 10.7. The number of methoxy groups -OCH3 is 1. The number of benzene rings is 2. The van der Waals surface area contributed by atoms with E-state index in [1.807, 2.05) is 12.1 Å². The molecular weight excluding hydrogens is 340 g/mol. The van der Waals surface area contributed by atoms with Crippen LogP contribution in [0.3, 0.4) is 0 Å². The second kappa shape index (κ2) is 8.54. The molecule has 140 valence electrons. The average molecular weight is 364 g/mol. The van der Waals surface area contributed by atoms with Crippen LogP contribution in [-0.2, 0) is 17.8 Å². The number of hydrogen-bond donors (Lipinski definition) is 1. The van der Waals surface area contributed by atoms with E-state index in [0.29, 0.717) is 17.9 Å². The number of hydrogen-bond acceptors (Lipinski definition) is 3. The summed E-state index contributed by atoms with van der Waals surface area (Å²) < 4.78 is 7.50. The molecule has 1 N–H and O–H groups in total. The molecule has 0 saturated carbocycles. The van der Waals surface area contributed by atoms with Crippen molar-refractivity contribution in [2.24, 2.45) is 0 Å². The summed E-state index contributed by atoms with van der Waals surface area (Å²) in [5, 5.41) is 4.17. The van der Waals surface area contributed by atoms with Crippen LogP contribution < -0.4 is 10.1 Å². The maximum Gasteiger partial charge on any atom is 0.224 e. The van der Waals surface area contributed by atoms with Crippen molar-refractivity contribution in [3.05, 3.63) is 65.9 Å². The van der Waals surface area contributed by atoms with Gasteiger partial charge in [0.25, 0.3) is 0 Å². The zero-order valence-electron chi connectivity index (χ0n) is 15.7. The molecule has 0 saturated heterocycles. The van der Waals surface area contributed by atoms with Crippen molar-refractivity contribution in [2.45, 2.75) is 26.3 Å². The summed E-state index contributed by atoms with van der Waals surface area (Å²) in [5.74, 6) is 0.513. The van der Waals surface area contributed by atoms with Gasteiger partial charge in [-0.25, -0.2) is 0 Å². The Morgan fingerprint density at radius 2 is 1.93 bits per heavy atom. The number of carbonyl (C=O) groups excluding carboxylic acids is 2. The second-order valence-corrected chi connectivity index (χ2v) is 6.53.